The van der Waals surface area contributed by atoms with Gasteiger partial charge in [0.15, 0.2) is 6.10 Å². The first-order valence-electron chi connectivity index (χ1n) is 6.47. The lowest BCUT2D eigenvalue weighted by Gasteiger charge is -2.17. The molecular formula is C14H15ClFNO4. The normalized spacial score (nSPS) is 16.9. The van der Waals surface area contributed by atoms with Gasteiger partial charge in [-0.2, -0.15) is 0 Å². The van der Waals surface area contributed by atoms with Gasteiger partial charge in [0.1, 0.15) is 11.6 Å². The third-order valence-electron chi connectivity index (χ3n) is 3.48. The summed E-state index contributed by atoms with van der Waals surface area (Å²) in [6, 6.07) is 3.60. The number of hydrogen-bond donors (Lipinski definition) is 2. The van der Waals surface area contributed by atoms with E-state index in [0.29, 0.717) is 12.8 Å². The Bertz CT molecular complexity index is 574. The Kier molecular flexibility index (Phi) is 4.37. The first kappa shape index (κ1) is 15.6. The van der Waals surface area contributed by atoms with Crippen molar-refractivity contribution in [3.05, 3.63) is 29.0 Å². The summed E-state index contributed by atoms with van der Waals surface area (Å²) in [5, 5.41) is 11.6. The molecule has 2 N–H and O–H groups in total. The molecule has 0 aromatic heterocycles. The first-order chi connectivity index (χ1) is 9.84. The lowest BCUT2D eigenvalue weighted by molar-refractivity contribution is -0.143. The second kappa shape index (κ2) is 5.89. The van der Waals surface area contributed by atoms with Crippen LogP contribution in [0.15, 0.2) is 18.2 Å². The number of ether oxygens (including phenoxy) is 1. The van der Waals surface area contributed by atoms with Crippen molar-refractivity contribution in [2.45, 2.75) is 25.9 Å². The van der Waals surface area contributed by atoms with Gasteiger partial charge in [0.2, 0.25) is 0 Å². The molecule has 1 atom stereocenters. The predicted octanol–water partition coefficient (Wildman–Crippen LogP) is 2.23. The van der Waals surface area contributed by atoms with Gasteiger partial charge in [-0.05, 0) is 38.0 Å². The van der Waals surface area contributed by atoms with Crippen molar-refractivity contribution < 1.29 is 23.8 Å². The topological polar surface area (TPSA) is 75.6 Å². The standard InChI is InChI=1S/C14H15ClFNO4/c1-8(21-11-3-2-9(16)6-10(11)15)12(18)17-7-14(4-5-14)13(19)20/h2-3,6,8H,4-5,7H2,1H3,(H,17,18)(H,19,20). The van der Waals surface area contributed by atoms with Crippen molar-refractivity contribution in [3.8, 4) is 5.75 Å². The fourth-order valence-corrected chi connectivity index (χ4v) is 2.04. The van der Waals surface area contributed by atoms with Crippen LogP contribution in [0, 0.1) is 11.2 Å². The average Bonchev–Trinajstić information content (AvgIpc) is 3.20. The summed E-state index contributed by atoms with van der Waals surface area (Å²) >= 11 is 5.81. The van der Waals surface area contributed by atoms with Crippen LogP contribution in [0.4, 0.5) is 4.39 Å². The van der Waals surface area contributed by atoms with Crippen LogP contribution in [-0.4, -0.2) is 29.6 Å². The molecule has 114 valence electrons. The second-order valence-electron chi connectivity index (χ2n) is 5.14. The Hall–Kier alpha value is -1.82. The van der Waals surface area contributed by atoms with Crippen LogP contribution < -0.4 is 10.1 Å². The fraction of sp³-hybridized carbons (Fsp3) is 0.429. The molecule has 0 heterocycles. The highest BCUT2D eigenvalue weighted by Gasteiger charge is 2.50. The maximum atomic E-state index is 12.9. The second-order valence-corrected chi connectivity index (χ2v) is 5.55. The lowest BCUT2D eigenvalue weighted by atomic mass is 10.1. The number of rotatable bonds is 6. The molecule has 1 aromatic carbocycles. The quantitative estimate of drug-likeness (QED) is 0.844. The number of carbonyl (C=O) groups excluding carboxylic acids is 1. The zero-order valence-corrected chi connectivity index (χ0v) is 12.1. The number of carboxylic acids is 1. The van der Waals surface area contributed by atoms with Gasteiger partial charge in [0.25, 0.3) is 5.91 Å². The van der Waals surface area contributed by atoms with Crippen molar-refractivity contribution in [3.63, 3.8) is 0 Å². The van der Waals surface area contributed by atoms with Crippen molar-refractivity contribution in [1.82, 2.24) is 5.32 Å². The average molecular weight is 316 g/mol. The number of hydrogen-bond acceptors (Lipinski definition) is 3. The van der Waals surface area contributed by atoms with Gasteiger partial charge in [-0.25, -0.2) is 4.39 Å². The Morgan fingerprint density at radius 3 is 2.71 bits per heavy atom. The van der Waals surface area contributed by atoms with E-state index in [1.165, 1.54) is 19.1 Å². The summed E-state index contributed by atoms with van der Waals surface area (Å²) in [5.41, 5.74) is -0.830. The summed E-state index contributed by atoms with van der Waals surface area (Å²) in [6.45, 7) is 1.58. The highest BCUT2D eigenvalue weighted by atomic mass is 35.5. The first-order valence-corrected chi connectivity index (χ1v) is 6.85. The van der Waals surface area contributed by atoms with Gasteiger partial charge < -0.3 is 15.2 Å². The van der Waals surface area contributed by atoms with Gasteiger partial charge in [-0.3, -0.25) is 9.59 Å². The zero-order chi connectivity index (χ0) is 15.6. The number of carbonyl (C=O) groups is 2. The maximum Gasteiger partial charge on any atom is 0.311 e. The molecule has 1 aromatic rings. The van der Waals surface area contributed by atoms with Crippen LogP contribution in [0.25, 0.3) is 0 Å². The molecular weight excluding hydrogens is 301 g/mol. The molecule has 1 fully saturated rings. The molecule has 5 nitrogen and oxygen atoms in total. The van der Waals surface area contributed by atoms with E-state index in [1.54, 1.807) is 0 Å². The van der Waals surface area contributed by atoms with Gasteiger partial charge in [-0.1, -0.05) is 11.6 Å². The lowest BCUT2D eigenvalue weighted by Crippen LogP contribution is -2.41. The van der Waals surface area contributed by atoms with E-state index in [2.05, 4.69) is 5.32 Å². The van der Waals surface area contributed by atoms with Crippen LogP contribution >= 0.6 is 11.6 Å². The summed E-state index contributed by atoms with van der Waals surface area (Å²) in [7, 11) is 0. The van der Waals surface area contributed by atoms with E-state index in [1.807, 2.05) is 0 Å². The smallest absolute Gasteiger partial charge is 0.311 e. The zero-order valence-electron chi connectivity index (χ0n) is 11.4. The van der Waals surface area contributed by atoms with Crippen LogP contribution in [0.2, 0.25) is 5.02 Å². The third kappa shape index (κ3) is 3.64. The molecule has 21 heavy (non-hydrogen) atoms. The van der Waals surface area contributed by atoms with Crippen LogP contribution in [0.3, 0.4) is 0 Å². The molecule has 1 saturated carbocycles. The Morgan fingerprint density at radius 2 is 2.19 bits per heavy atom. The monoisotopic (exact) mass is 315 g/mol. The van der Waals surface area contributed by atoms with Crippen LogP contribution in [0.1, 0.15) is 19.8 Å². The van der Waals surface area contributed by atoms with Crippen molar-refractivity contribution in [1.29, 1.82) is 0 Å². The predicted molar refractivity (Wildman–Crippen MR) is 73.8 cm³/mol. The van der Waals surface area contributed by atoms with Crippen molar-refractivity contribution in [2.75, 3.05) is 6.54 Å². The van der Waals surface area contributed by atoms with Crippen molar-refractivity contribution in [2.24, 2.45) is 5.41 Å². The summed E-state index contributed by atoms with van der Waals surface area (Å²) in [6.07, 6.45) is 0.251. The van der Waals surface area contributed by atoms with Gasteiger partial charge in [0, 0.05) is 6.54 Å². The minimum Gasteiger partial charge on any atom is -0.481 e. The molecule has 1 unspecified atom stereocenters. The van der Waals surface area contributed by atoms with Gasteiger partial charge in [0.05, 0.1) is 10.4 Å². The van der Waals surface area contributed by atoms with E-state index >= 15 is 0 Å². The molecule has 1 aliphatic carbocycles. The molecule has 0 bridgehead atoms. The Morgan fingerprint density at radius 1 is 1.52 bits per heavy atom. The van der Waals surface area contributed by atoms with E-state index in [9.17, 15) is 14.0 Å². The van der Waals surface area contributed by atoms with E-state index in [-0.39, 0.29) is 17.3 Å². The largest absolute Gasteiger partial charge is 0.481 e. The molecule has 0 spiro atoms. The number of halogens is 2. The number of nitrogens with one attached hydrogen (secondary N) is 1. The van der Waals surface area contributed by atoms with Crippen LogP contribution in [0.5, 0.6) is 5.75 Å². The summed E-state index contributed by atoms with van der Waals surface area (Å²) < 4.78 is 18.3. The SMILES string of the molecule is CC(Oc1ccc(F)cc1Cl)C(=O)NCC1(C(=O)O)CC1. The van der Waals surface area contributed by atoms with Crippen molar-refractivity contribution >= 4 is 23.5 Å². The summed E-state index contributed by atoms with van der Waals surface area (Å²) in [5.74, 6) is -1.65. The Balaban J connectivity index is 1.89. The molecule has 7 heteroatoms. The van der Waals surface area contributed by atoms with E-state index in [4.69, 9.17) is 21.4 Å². The Labute approximate surface area is 126 Å². The maximum absolute atomic E-state index is 12.9. The van der Waals surface area contributed by atoms with Gasteiger partial charge >= 0.3 is 5.97 Å². The fourth-order valence-electron chi connectivity index (χ4n) is 1.83. The van der Waals surface area contributed by atoms with E-state index < -0.39 is 29.2 Å². The highest BCUT2D eigenvalue weighted by Crippen LogP contribution is 2.45. The van der Waals surface area contributed by atoms with Crippen LogP contribution in [-0.2, 0) is 9.59 Å². The highest BCUT2D eigenvalue weighted by molar-refractivity contribution is 6.32. The number of benzene rings is 1. The van der Waals surface area contributed by atoms with Gasteiger partial charge in [-0.15, -0.1) is 0 Å². The minimum absolute atomic E-state index is 0.0684. The number of carboxylic acid groups (broad SMARTS) is 1. The molecule has 1 amide bonds. The minimum atomic E-state index is -0.905. The van der Waals surface area contributed by atoms with E-state index in [0.717, 1.165) is 6.07 Å². The molecule has 2 rings (SSSR count). The third-order valence-corrected chi connectivity index (χ3v) is 3.77. The molecule has 1 aliphatic rings. The molecule has 0 radical (unpaired) electrons. The summed E-state index contributed by atoms with van der Waals surface area (Å²) in [4.78, 5) is 22.9. The number of amides is 1. The number of aliphatic carboxylic acids is 1. The molecule has 0 saturated heterocycles. The molecule has 0 aliphatic heterocycles.